The molecule has 9 nitrogen and oxygen atoms in total. The van der Waals surface area contributed by atoms with Crippen LogP contribution in [-0.4, -0.2) is 62.0 Å². The molecular formula is C11H15N7O2. The van der Waals surface area contributed by atoms with E-state index in [1.54, 1.807) is 23.3 Å². The highest BCUT2D eigenvalue weighted by Crippen LogP contribution is 2.17. The first kappa shape index (κ1) is 12.8. The number of aliphatic hydroxyl groups is 1. The van der Waals surface area contributed by atoms with Crippen molar-refractivity contribution in [2.75, 3.05) is 37.0 Å². The van der Waals surface area contributed by atoms with Gasteiger partial charge in [-0.25, -0.2) is 4.98 Å². The lowest BCUT2D eigenvalue weighted by Gasteiger charge is -2.34. The minimum atomic E-state index is -0.179. The predicted octanol–water partition coefficient (Wildman–Crippen LogP) is -1.16. The fourth-order valence-electron chi connectivity index (χ4n) is 2.06. The van der Waals surface area contributed by atoms with E-state index < -0.39 is 0 Å². The van der Waals surface area contributed by atoms with Crippen molar-refractivity contribution in [2.45, 2.75) is 6.04 Å². The maximum absolute atomic E-state index is 9.41. The number of rotatable bonds is 3. The summed E-state index contributed by atoms with van der Waals surface area (Å²) in [4.78, 5) is 18.4. The second kappa shape index (κ2) is 5.39. The molecule has 3 heterocycles. The summed E-state index contributed by atoms with van der Waals surface area (Å²) in [6.45, 7) is 1.55. The summed E-state index contributed by atoms with van der Waals surface area (Å²) in [6, 6.07) is -0.179. The summed E-state index contributed by atoms with van der Waals surface area (Å²) in [5.41, 5.74) is 5.74. The second-order valence-corrected chi connectivity index (χ2v) is 4.37. The molecule has 1 aliphatic rings. The number of nitrogens with zero attached hydrogens (tertiary/aromatic N) is 6. The van der Waals surface area contributed by atoms with Crippen molar-refractivity contribution in [3.8, 4) is 5.95 Å². The van der Waals surface area contributed by atoms with E-state index in [0.29, 0.717) is 31.7 Å². The lowest BCUT2D eigenvalue weighted by molar-refractivity contribution is 0.0718. The molecule has 2 aromatic rings. The molecular weight excluding hydrogens is 262 g/mol. The van der Waals surface area contributed by atoms with Gasteiger partial charge in [0.2, 0.25) is 17.8 Å². The lowest BCUT2D eigenvalue weighted by atomic mass is 10.2. The van der Waals surface area contributed by atoms with Crippen LogP contribution in [0.15, 0.2) is 18.7 Å². The van der Waals surface area contributed by atoms with E-state index in [2.05, 4.69) is 19.9 Å². The number of aromatic nitrogens is 5. The monoisotopic (exact) mass is 277 g/mol. The van der Waals surface area contributed by atoms with Crippen molar-refractivity contribution in [3.63, 3.8) is 0 Å². The van der Waals surface area contributed by atoms with Crippen molar-refractivity contribution in [3.05, 3.63) is 18.7 Å². The van der Waals surface area contributed by atoms with Gasteiger partial charge < -0.3 is 20.5 Å². The van der Waals surface area contributed by atoms with E-state index in [9.17, 15) is 5.11 Å². The van der Waals surface area contributed by atoms with Crippen LogP contribution in [0.25, 0.3) is 5.95 Å². The minimum Gasteiger partial charge on any atom is -0.394 e. The predicted molar refractivity (Wildman–Crippen MR) is 70.4 cm³/mol. The molecule has 0 amide bonds. The van der Waals surface area contributed by atoms with Gasteiger partial charge in [0.25, 0.3) is 0 Å². The maximum atomic E-state index is 9.41. The van der Waals surface area contributed by atoms with Crippen molar-refractivity contribution in [1.29, 1.82) is 0 Å². The number of ether oxygens (including phenoxy) is 1. The van der Waals surface area contributed by atoms with Crippen molar-refractivity contribution >= 4 is 11.9 Å². The van der Waals surface area contributed by atoms with Crippen LogP contribution in [0, 0.1) is 0 Å². The molecule has 0 aliphatic carbocycles. The van der Waals surface area contributed by atoms with Crippen molar-refractivity contribution in [2.24, 2.45) is 0 Å². The Morgan fingerprint density at radius 1 is 1.35 bits per heavy atom. The van der Waals surface area contributed by atoms with Crippen LogP contribution in [0.3, 0.4) is 0 Å². The fraction of sp³-hybridized carbons (Fsp3) is 0.455. The number of hydrogen-bond donors (Lipinski definition) is 2. The quantitative estimate of drug-likeness (QED) is 0.721. The Labute approximate surface area is 115 Å². The van der Waals surface area contributed by atoms with E-state index in [4.69, 9.17) is 10.5 Å². The Hall–Kier alpha value is -2.26. The smallest absolute Gasteiger partial charge is 0.241 e. The van der Waals surface area contributed by atoms with Gasteiger partial charge in [-0.3, -0.25) is 4.57 Å². The van der Waals surface area contributed by atoms with Gasteiger partial charge in [0.15, 0.2) is 0 Å². The van der Waals surface area contributed by atoms with Crippen molar-refractivity contribution < 1.29 is 9.84 Å². The second-order valence-electron chi connectivity index (χ2n) is 4.37. The summed E-state index contributed by atoms with van der Waals surface area (Å²) >= 11 is 0. The normalized spacial score (nSPS) is 19.2. The molecule has 0 radical (unpaired) electrons. The molecule has 2 aromatic heterocycles. The average Bonchev–Trinajstić information content (AvgIpc) is 3.01. The Kier molecular flexibility index (Phi) is 3.44. The fourth-order valence-corrected chi connectivity index (χ4v) is 2.06. The Morgan fingerprint density at radius 3 is 2.95 bits per heavy atom. The molecule has 1 fully saturated rings. The minimum absolute atomic E-state index is 0.0357. The molecule has 20 heavy (non-hydrogen) atoms. The molecule has 1 unspecified atom stereocenters. The molecule has 3 N–H and O–H groups in total. The van der Waals surface area contributed by atoms with E-state index in [1.165, 1.54) is 0 Å². The number of imidazole rings is 1. The van der Waals surface area contributed by atoms with E-state index in [-0.39, 0.29) is 18.6 Å². The average molecular weight is 277 g/mol. The summed E-state index contributed by atoms with van der Waals surface area (Å²) in [7, 11) is 0. The Morgan fingerprint density at radius 2 is 2.20 bits per heavy atom. The van der Waals surface area contributed by atoms with Gasteiger partial charge in [0.05, 0.1) is 25.9 Å². The molecule has 9 heteroatoms. The highest BCUT2D eigenvalue weighted by molar-refractivity contribution is 5.39. The third-order valence-corrected chi connectivity index (χ3v) is 3.06. The SMILES string of the molecule is Nc1nc(N2CCOCC2CO)nc(-n2ccnc2)n1. The number of nitrogen functional groups attached to an aromatic ring is 1. The number of hydrogen-bond acceptors (Lipinski definition) is 8. The molecule has 0 aromatic carbocycles. The van der Waals surface area contributed by atoms with Gasteiger partial charge in [0.1, 0.15) is 6.33 Å². The number of aliphatic hydroxyl groups excluding tert-OH is 1. The van der Waals surface area contributed by atoms with Crippen molar-refractivity contribution in [1.82, 2.24) is 24.5 Å². The highest BCUT2D eigenvalue weighted by atomic mass is 16.5. The van der Waals surface area contributed by atoms with Gasteiger partial charge in [-0.15, -0.1) is 0 Å². The number of nitrogens with two attached hydrogens (primary N) is 1. The zero-order valence-corrected chi connectivity index (χ0v) is 10.8. The van der Waals surface area contributed by atoms with Crippen LogP contribution < -0.4 is 10.6 Å². The first-order chi connectivity index (χ1) is 9.78. The third-order valence-electron chi connectivity index (χ3n) is 3.06. The summed E-state index contributed by atoms with van der Waals surface area (Å²) < 4.78 is 6.99. The topological polar surface area (TPSA) is 115 Å². The van der Waals surface area contributed by atoms with E-state index in [1.807, 2.05) is 4.90 Å². The molecule has 1 atom stereocenters. The molecule has 106 valence electrons. The zero-order chi connectivity index (χ0) is 13.9. The van der Waals surface area contributed by atoms with Gasteiger partial charge in [-0.2, -0.15) is 15.0 Å². The van der Waals surface area contributed by atoms with Crippen LogP contribution in [-0.2, 0) is 4.74 Å². The van der Waals surface area contributed by atoms with Gasteiger partial charge in [0, 0.05) is 18.9 Å². The molecule has 0 saturated carbocycles. The van der Waals surface area contributed by atoms with Gasteiger partial charge in [-0.1, -0.05) is 0 Å². The summed E-state index contributed by atoms with van der Waals surface area (Å²) in [5.74, 6) is 0.957. The largest absolute Gasteiger partial charge is 0.394 e. The van der Waals surface area contributed by atoms with Crippen LogP contribution in [0.5, 0.6) is 0 Å². The summed E-state index contributed by atoms with van der Waals surface area (Å²) in [6.07, 6.45) is 4.94. The molecule has 0 bridgehead atoms. The first-order valence-electron chi connectivity index (χ1n) is 6.23. The van der Waals surface area contributed by atoms with E-state index >= 15 is 0 Å². The molecule has 3 rings (SSSR count). The summed E-state index contributed by atoms with van der Waals surface area (Å²) in [5, 5.41) is 9.41. The van der Waals surface area contributed by atoms with Gasteiger partial charge in [-0.05, 0) is 0 Å². The Balaban J connectivity index is 1.96. The number of anilines is 2. The standard InChI is InChI=1S/C11H15N7O2/c12-9-14-10(17-2-1-13-7-17)16-11(15-9)18-3-4-20-6-8(18)5-19/h1-2,7-8,19H,3-6H2,(H2,12,14,15,16). The maximum Gasteiger partial charge on any atom is 0.241 e. The van der Waals surface area contributed by atoms with E-state index in [0.717, 1.165) is 0 Å². The van der Waals surface area contributed by atoms with Crippen LogP contribution in [0.1, 0.15) is 0 Å². The molecule has 1 aliphatic heterocycles. The lowest BCUT2D eigenvalue weighted by Crippen LogP contribution is -2.48. The Bertz CT molecular complexity index is 574. The number of morpholine rings is 1. The van der Waals surface area contributed by atoms with Crippen LogP contribution in [0.2, 0.25) is 0 Å². The zero-order valence-electron chi connectivity index (χ0n) is 10.8. The van der Waals surface area contributed by atoms with Crippen LogP contribution in [0.4, 0.5) is 11.9 Å². The molecule has 0 spiro atoms. The highest BCUT2D eigenvalue weighted by Gasteiger charge is 2.25. The van der Waals surface area contributed by atoms with Crippen LogP contribution >= 0.6 is 0 Å². The third kappa shape index (κ3) is 2.40. The van der Waals surface area contributed by atoms with Gasteiger partial charge >= 0.3 is 0 Å². The molecule has 1 saturated heterocycles. The first-order valence-corrected chi connectivity index (χ1v) is 6.23.